The Morgan fingerprint density at radius 1 is 1.36 bits per heavy atom. The van der Waals surface area contributed by atoms with Gasteiger partial charge in [0, 0.05) is 12.1 Å². The van der Waals surface area contributed by atoms with Gasteiger partial charge >= 0.3 is 0 Å². The third kappa shape index (κ3) is 3.17. The molecular formula is C11H14NO2. The van der Waals surface area contributed by atoms with Gasteiger partial charge in [0.1, 0.15) is 0 Å². The minimum absolute atomic E-state index is 0.160. The molecule has 1 aromatic carbocycles. The molecule has 1 rings (SSSR count). The number of nitro groups is 1. The van der Waals surface area contributed by atoms with Crippen molar-refractivity contribution in [2.45, 2.75) is 26.2 Å². The number of nitro benzene ring substituents is 1. The Morgan fingerprint density at radius 3 is 2.50 bits per heavy atom. The van der Waals surface area contributed by atoms with Crippen molar-refractivity contribution in [3.8, 4) is 0 Å². The van der Waals surface area contributed by atoms with E-state index in [2.05, 4.69) is 13.3 Å². The first-order valence-corrected chi connectivity index (χ1v) is 4.79. The predicted octanol–water partition coefficient (Wildman–Crippen LogP) is 3.14. The highest BCUT2D eigenvalue weighted by Crippen LogP contribution is 2.13. The number of aryl methyl sites for hydroxylation is 1. The molecule has 3 heteroatoms. The third-order valence-corrected chi connectivity index (χ3v) is 2.07. The van der Waals surface area contributed by atoms with Crippen molar-refractivity contribution in [1.82, 2.24) is 0 Å². The molecule has 0 atom stereocenters. The Hall–Kier alpha value is -1.38. The van der Waals surface area contributed by atoms with Crippen molar-refractivity contribution in [1.29, 1.82) is 0 Å². The van der Waals surface area contributed by atoms with Gasteiger partial charge in [-0.2, -0.15) is 0 Å². The Bertz CT molecular complexity index is 293. The zero-order chi connectivity index (χ0) is 10.4. The van der Waals surface area contributed by atoms with Crippen LogP contribution in [0.4, 0.5) is 5.69 Å². The molecule has 0 aliphatic carbocycles. The fourth-order valence-electron chi connectivity index (χ4n) is 1.26. The maximum atomic E-state index is 10.4. The lowest BCUT2D eigenvalue weighted by Crippen LogP contribution is -1.89. The van der Waals surface area contributed by atoms with Crippen molar-refractivity contribution >= 4 is 5.69 Å². The lowest BCUT2D eigenvalue weighted by atomic mass is 10.1. The lowest BCUT2D eigenvalue weighted by molar-refractivity contribution is -0.384. The first kappa shape index (κ1) is 10.7. The van der Waals surface area contributed by atoms with E-state index >= 15 is 0 Å². The van der Waals surface area contributed by atoms with Crippen LogP contribution in [0, 0.1) is 16.5 Å². The van der Waals surface area contributed by atoms with Gasteiger partial charge in [-0.3, -0.25) is 10.1 Å². The number of hydrogen-bond donors (Lipinski definition) is 0. The van der Waals surface area contributed by atoms with Gasteiger partial charge in [0.2, 0.25) is 0 Å². The second kappa shape index (κ2) is 5.37. The van der Waals surface area contributed by atoms with Crippen LogP contribution in [-0.2, 0) is 6.42 Å². The van der Waals surface area contributed by atoms with Crippen LogP contribution >= 0.6 is 0 Å². The van der Waals surface area contributed by atoms with E-state index in [-0.39, 0.29) is 10.6 Å². The van der Waals surface area contributed by atoms with Crippen LogP contribution in [-0.4, -0.2) is 4.92 Å². The van der Waals surface area contributed by atoms with Crippen LogP contribution in [0.25, 0.3) is 0 Å². The quantitative estimate of drug-likeness (QED) is 0.408. The van der Waals surface area contributed by atoms with E-state index in [1.165, 1.54) is 0 Å². The summed E-state index contributed by atoms with van der Waals surface area (Å²) in [6, 6.07) is 6.76. The maximum Gasteiger partial charge on any atom is 0.269 e. The molecule has 0 unspecified atom stereocenters. The van der Waals surface area contributed by atoms with Crippen molar-refractivity contribution in [3.63, 3.8) is 0 Å². The summed E-state index contributed by atoms with van der Waals surface area (Å²) in [6.07, 6.45) is 5.29. The molecule has 3 nitrogen and oxygen atoms in total. The molecule has 75 valence electrons. The molecule has 0 spiro atoms. The normalized spacial score (nSPS) is 10.1. The van der Waals surface area contributed by atoms with Crippen LogP contribution in [0.5, 0.6) is 0 Å². The summed E-state index contributed by atoms with van der Waals surface area (Å²) in [5, 5.41) is 10.4. The maximum absolute atomic E-state index is 10.4. The number of nitrogens with zero attached hydrogens (tertiary/aromatic N) is 1. The Balaban J connectivity index is 2.51. The highest BCUT2D eigenvalue weighted by atomic mass is 16.6. The molecule has 0 aromatic heterocycles. The van der Waals surface area contributed by atoms with E-state index in [9.17, 15) is 10.1 Å². The average molecular weight is 192 g/mol. The molecule has 1 radical (unpaired) electrons. The fraction of sp³-hybridized carbons (Fsp3) is 0.364. The number of benzene rings is 1. The first-order chi connectivity index (χ1) is 6.74. The molecule has 1 aromatic rings. The number of hydrogen-bond acceptors (Lipinski definition) is 2. The van der Waals surface area contributed by atoms with Crippen LogP contribution in [0.1, 0.15) is 25.3 Å². The van der Waals surface area contributed by atoms with Crippen LogP contribution in [0.3, 0.4) is 0 Å². The summed E-state index contributed by atoms with van der Waals surface area (Å²) < 4.78 is 0. The summed E-state index contributed by atoms with van der Waals surface area (Å²) in [5.41, 5.74) is 1.31. The topological polar surface area (TPSA) is 43.1 Å². The van der Waals surface area contributed by atoms with Gasteiger partial charge in [-0.25, -0.2) is 0 Å². The summed E-state index contributed by atoms with van der Waals surface area (Å²) in [7, 11) is 0. The van der Waals surface area contributed by atoms with Gasteiger partial charge in [-0.1, -0.05) is 25.5 Å². The Kier molecular flexibility index (Phi) is 4.11. The molecule has 0 aliphatic heterocycles. The van der Waals surface area contributed by atoms with E-state index in [1.54, 1.807) is 12.1 Å². The highest BCUT2D eigenvalue weighted by Gasteiger charge is 2.03. The van der Waals surface area contributed by atoms with Gasteiger partial charge < -0.3 is 0 Å². The molecule has 0 saturated heterocycles. The van der Waals surface area contributed by atoms with Crippen LogP contribution in [0.15, 0.2) is 24.3 Å². The van der Waals surface area contributed by atoms with Gasteiger partial charge in [0.15, 0.2) is 0 Å². The Labute approximate surface area is 83.9 Å². The molecule has 14 heavy (non-hydrogen) atoms. The van der Waals surface area contributed by atoms with Gasteiger partial charge in [-0.05, 0) is 24.8 Å². The molecule has 0 saturated carbocycles. The third-order valence-electron chi connectivity index (χ3n) is 2.07. The van der Waals surface area contributed by atoms with Crippen molar-refractivity contribution in [2.24, 2.45) is 0 Å². The summed E-state index contributed by atoms with van der Waals surface area (Å²) >= 11 is 0. The number of non-ortho nitro benzene ring substituents is 1. The van der Waals surface area contributed by atoms with E-state index in [1.807, 2.05) is 12.1 Å². The SMILES string of the molecule is CC[CH]CCc1ccc([N+](=O)[O-])cc1. The summed E-state index contributed by atoms with van der Waals surface area (Å²) in [5.74, 6) is 0. The van der Waals surface area contributed by atoms with Crippen molar-refractivity contribution in [2.75, 3.05) is 0 Å². The molecule has 0 fully saturated rings. The zero-order valence-corrected chi connectivity index (χ0v) is 8.27. The molecule has 0 N–H and O–H groups in total. The minimum Gasteiger partial charge on any atom is -0.258 e. The van der Waals surface area contributed by atoms with E-state index in [0.717, 1.165) is 24.8 Å². The predicted molar refractivity (Wildman–Crippen MR) is 56.0 cm³/mol. The smallest absolute Gasteiger partial charge is 0.258 e. The zero-order valence-electron chi connectivity index (χ0n) is 8.27. The summed E-state index contributed by atoms with van der Waals surface area (Å²) in [4.78, 5) is 10.00. The second-order valence-corrected chi connectivity index (χ2v) is 3.16. The Morgan fingerprint density at radius 2 is 2.00 bits per heavy atom. The van der Waals surface area contributed by atoms with Gasteiger partial charge in [0.05, 0.1) is 4.92 Å². The summed E-state index contributed by atoms with van der Waals surface area (Å²) in [6.45, 7) is 2.11. The lowest BCUT2D eigenvalue weighted by Gasteiger charge is -1.99. The molecule has 0 amide bonds. The molecule has 0 heterocycles. The van der Waals surface area contributed by atoms with E-state index in [4.69, 9.17) is 0 Å². The monoisotopic (exact) mass is 192 g/mol. The number of rotatable bonds is 5. The van der Waals surface area contributed by atoms with Crippen LogP contribution in [0.2, 0.25) is 0 Å². The molecule has 0 bridgehead atoms. The minimum atomic E-state index is -0.373. The van der Waals surface area contributed by atoms with E-state index < -0.39 is 0 Å². The van der Waals surface area contributed by atoms with Gasteiger partial charge in [0.25, 0.3) is 5.69 Å². The molecule has 0 aliphatic rings. The molecular weight excluding hydrogens is 178 g/mol. The van der Waals surface area contributed by atoms with Crippen LogP contribution < -0.4 is 0 Å². The largest absolute Gasteiger partial charge is 0.269 e. The standard InChI is InChI=1S/C11H14NO2/c1-2-3-4-5-10-6-8-11(9-7-10)12(13)14/h3,6-9H,2,4-5H2,1H3. The second-order valence-electron chi connectivity index (χ2n) is 3.16. The fourth-order valence-corrected chi connectivity index (χ4v) is 1.26. The highest BCUT2D eigenvalue weighted by molar-refractivity contribution is 5.32. The average Bonchev–Trinajstić information content (AvgIpc) is 2.19. The van der Waals surface area contributed by atoms with Gasteiger partial charge in [-0.15, -0.1) is 0 Å². The number of unbranched alkanes of at least 4 members (excludes halogenated alkanes) is 2. The van der Waals surface area contributed by atoms with E-state index in [0.29, 0.717) is 0 Å². The first-order valence-electron chi connectivity index (χ1n) is 4.79. The van der Waals surface area contributed by atoms with Crippen molar-refractivity contribution < 1.29 is 4.92 Å². The van der Waals surface area contributed by atoms with Crippen molar-refractivity contribution in [3.05, 3.63) is 46.4 Å².